The number of carbonyl (C=O) groups excluding carboxylic acids is 2. The zero-order valence-corrected chi connectivity index (χ0v) is 17.3. The molecule has 1 aliphatic carbocycles. The second-order valence-corrected chi connectivity index (χ2v) is 8.79. The van der Waals surface area contributed by atoms with E-state index in [0.717, 1.165) is 16.7 Å². The number of ether oxygens (including phenoxy) is 1. The van der Waals surface area contributed by atoms with Gasteiger partial charge in [-0.2, -0.15) is 0 Å². The van der Waals surface area contributed by atoms with Crippen LogP contribution in [-0.2, 0) is 20.5 Å². The maximum absolute atomic E-state index is 15.2. The molecule has 32 heavy (non-hydrogen) atoms. The Morgan fingerprint density at radius 2 is 1.75 bits per heavy atom. The standard InChI is InChI=1S/C25H20FN3O3/c26-21-13-17(16-3-9-27-10-4-16)1-2-20(21)24(6-7-24)23(31)29-12-8-25(15-29)19-5-11-28-14-18(19)22(30)32-25/h1-5,9-11,13-14H,6-8,12,15H2/t25-/m0/s1. The molecule has 1 spiro atoms. The van der Waals surface area contributed by atoms with E-state index in [1.54, 1.807) is 35.6 Å². The van der Waals surface area contributed by atoms with Crippen LogP contribution in [-0.4, -0.2) is 39.8 Å². The minimum atomic E-state index is -0.837. The van der Waals surface area contributed by atoms with Crippen LogP contribution >= 0.6 is 0 Å². The zero-order valence-electron chi connectivity index (χ0n) is 17.3. The summed E-state index contributed by atoms with van der Waals surface area (Å²) in [5.41, 5.74) is 1.64. The monoisotopic (exact) mass is 429 g/mol. The predicted octanol–water partition coefficient (Wildman–Crippen LogP) is 3.61. The summed E-state index contributed by atoms with van der Waals surface area (Å²) in [6, 6.07) is 10.5. The van der Waals surface area contributed by atoms with Crippen LogP contribution in [0.4, 0.5) is 4.39 Å². The Hall–Kier alpha value is -3.61. The summed E-state index contributed by atoms with van der Waals surface area (Å²) in [6.07, 6.45) is 8.23. The highest BCUT2D eigenvalue weighted by Gasteiger charge is 2.58. The van der Waals surface area contributed by atoms with Crippen LogP contribution in [0.1, 0.15) is 40.7 Å². The number of fused-ring (bicyclic) bond motifs is 2. The molecule has 160 valence electrons. The Morgan fingerprint density at radius 1 is 0.969 bits per heavy atom. The van der Waals surface area contributed by atoms with Crippen LogP contribution in [0.3, 0.4) is 0 Å². The summed E-state index contributed by atoms with van der Waals surface area (Å²) in [4.78, 5) is 35.6. The first-order chi connectivity index (χ1) is 15.5. The Bertz CT molecular complexity index is 1260. The van der Waals surface area contributed by atoms with E-state index in [-0.39, 0.29) is 18.3 Å². The molecule has 3 aromatic rings. The molecule has 0 unspecified atom stereocenters. The molecule has 2 aromatic heterocycles. The van der Waals surface area contributed by atoms with E-state index in [9.17, 15) is 9.59 Å². The molecule has 7 heteroatoms. The highest BCUT2D eigenvalue weighted by atomic mass is 19.1. The van der Waals surface area contributed by atoms with Crippen molar-refractivity contribution < 1.29 is 18.7 Å². The minimum absolute atomic E-state index is 0.0940. The van der Waals surface area contributed by atoms with Gasteiger partial charge in [0, 0.05) is 48.9 Å². The van der Waals surface area contributed by atoms with E-state index in [4.69, 9.17) is 4.74 Å². The summed E-state index contributed by atoms with van der Waals surface area (Å²) in [7, 11) is 0. The lowest BCUT2D eigenvalue weighted by Gasteiger charge is -2.27. The molecular weight excluding hydrogens is 409 g/mol. The Kier molecular flexibility index (Phi) is 4.00. The molecular formula is C25H20FN3O3. The molecule has 0 radical (unpaired) electrons. The largest absolute Gasteiger partial charge is 0.449 e. The van der Waals surface area contributed by atoms with Gasteiger partial charge in [0.05, 0.1) is 17.5 Å². The number of amides is 1. The van der Waals surface area contributed by atoms with Crippen molar-refractivity contribution in [2.24, 2.45) is 0 Å². The number of halogens is 1. The summed E-state index contributed by atoms with van der Waals surface area (Å²) in [5.74, 6) is -0.868. The third-order valence-corrected chi connectivity index (χ3v) is 7.00. The number of rotatable bonds is 3. The molecule has 4 heterocycles. The number of esters is 1. The normalized spacial score (nSPS) is 22.7. The van der Waals surface area contributed by atoms with E-state index in [2.05, 4.69) is 9.97 Å². The van der Waals surface area contributed by atoms with E-state index < -0.39 is 17.0 Å². The predicted molar refractivity (Wildman–Crippen MR) is 113 cm³/mol. The number of benzene rings is 1. The lowest BCUT2D eigenvalue weighted by atomic mass is 9.91. The zero-order chi connectivity index (χ0) is 21.9. The lowest BCUT2D eigenvalue weighted by Crippen LogP contribution is -2.40. The van der Waals surface area contributed by atoms with Gasteiger partial charge in [-0.05, 0) is 48.2 Å². The van der Waals surface area contributed by atoms with Gasteiger partial charge in [0.1, 0.15) is 5.82 Å². The fourth-order valence-electron chi connectivity index (χ4n) is 5.15. The fourth-order valence-corrected chi connectivity index (χ4v) is 5.15. The maximum Gasteiger partial charge on any atom is 0.341 e. The Labute approximate surface area is 184 Å². The van der Waals surface area contributed by atoms with Crippen LogP contribution < -0.4 is 0 Å². The third-order valence-electron chi connectivity index (χ3n) is 7.00. The maximum atomic E-state index is 15.2. The number of aromatic nitrogens is 2. The molecule has 2 fully saturated rings. The molecule has 1 amide bonds. The van der Waals surface area contributed by atoms with Gasteiger partial charge < -0.3 is 9.64 Å². The van der Waals surface area contributed by atoms with Crippen LogP contribution in [0.15, 0.2) is 61.2 Å². The van der Waals surface area contributed by atoms with Crippen molar-refractivity contribution in [2.45, 2.75) is 30.3 Å². The van der Waals surface area contributed by atoms with Crippen molar-refractivity contribution in [1.29, 1.82) is 0 Å². The first-order valence-corrected chi connectivity index (χ1v) is 10.7. The van der Waals surface area contributed by atoms with Crippen molar-refractivity contribution in [3.8, 4) is 11.1 Å². The van der Waals surface area contributed by atoms with Gasteiger partial charge in [0.25, 0.3) is 0 Å². The molecule has 3 aliphatic rings. The second kappa shape index (κ2) is 6.69. The molecule has 1 atom stereocenters. The number of pyridine rings is 2. The third kappa shape index (κ3) is 2.70. The molecule has 2 aliphatic heterocycles. The van der Waals surface area contributed by atoms with Gasteiger partial charge in [-0.3, -0.25) is 14.8 Å². The number of hydrogen-bond donors (Lipinski definition) is 0. The van der Waals surface area contributed by atoms with Gasteiger partial charge in [-0.1, -0.05) is 12.1 Å². The average molecular weight is 429 g/mol. The summed E-state index contributed by atoms with van der Waals surface area (Å²) in [5, 5.41) is 0. The SMILES string of the molecule is O=C1O[C@]2(CCN(C(=O)C3(c4ccc(-c5ccncc5)cc4F)CC3)C2)c2ccncc21. The Balaban J connectivity index is 1.28. The van der Waals surface area contributed by atoms with E-state index >= 15 is 4.39 Å². The fraction of sp³-hybridized carbons (Fsp3) is 0.280. The average Bonchev–Trinajstić information content (AvgIpc) is 3.44. The number of nitrogens with zero attached hydrogens (tertiary/aromatic N) is 3. The first kappa shape index (κ1) is 19.1. The van der Waals surface area contributed by atoms with Crippen molar-refractivity contribution in [3.63, 3.8) is 0 Å². The summed E-state index contributed by atoms with van der Waals surface area (Å²) < 4.78 is 20.9. The molecule has 1 saturated carbocycles. The lowest BCUT2D eigenvalue weighted by molar-refractivity contribution is -0.134. The quantitative estimate of drug-likeness (QED) is 0.595. The summed E-state index contributed by atoms with van der Waals surface area (Å²) in [6.45, 7) is 0.749. The first-order valence-electron chi connectivity index (χ1n) is 10.7. The highest BCUT2D eigenvalue weighted by molar-refractivity contribution is 5.95. The topological polar surface area (TPSA) is 72.4 Å². The molecule has 6 nitrogen and oxygen atoms in total. The van der Waals surface area contributed by atoms with Crippen LogP contribution in [0.2, 0.25) is 0 Å². The van der Waals surface area contributed by atoms with Crippen LogP contribution in [0.5, 0.6) is 0 Å². The van der Waals surface area contributed by atoms with Crippen molar-refractivity contribution in [1.82, 2.24) is 14.9 Å². The van der Waals surface area contributed by atoms with Gasteiger partial charge in [-0.15, -0.1) is 0 Å². The Morgan fingerprint density at radius 3 is 2.50 bits per heavy atom. The smallest absolute Gasteiger partial charge is 0.341 e. The molecule has 6 rings (SSSR count). The van der Waals surface area contributed by atoms with E-state index in [1.807, 2.05) is 18.2 Å². The minimum Gasteiger partial charge on any atom is -0.449 e. The van der Waals surface area contributed by atoms with Gasteiger partial charge in [-0.25, -0.2) is 9.18 Å². The highest BCUT2D eigenvalue weighted by Crippen LogP contribution is 2.52. The molecule has 0 N–H and O–H groups in total. The van der Waals surface area contributed by atoms with Crippen LogP contribution in [0.25, 0.3) is 11.1 Å². The van der Waals surface area contributed by atoms with Gasteiger partial charge in [0.15, 0.2) is 5.60 Å². The molecule has 0 bridgehead atoms. The number of hydrogen-bond acceptors (Lipinski definition) is 5. The van der Waals surface area contributed by atoms with E-state index in [0.29, 0.717) is 36.9 Å². The van der Waals surface area contributed by atoms with Crippen molar-refractivity contribution in [2.75, 3.05) is 13.1 Å². The molecule has 1 saturated heterocycles. The summed E-state index contributed by atoms with van der Waals surface area (Å²) >= 11 is 0. The number of likely N-dealkylation sites (tertiary alicyclic amines) is 1. The van der Waals surface area contributed by atoms with Gasteiger partial charge >= 0.3 is 5.97 Å². The van der Waals surface area contributed by atoms with E-state index in [1.165, 1.54) is 12.3 Å². The van der Waals surface area contributed by atoms with Crippen molar-refractivity contribution >= 4 is 11.9 Å². The van der Waals surface area contributed by atoms with Crippen molar-refractivity contribution in [3.05, 3.63) is 83.7 Å². The molecule has 1 aromatic carbocycles. The van der Waals surface area contributed by atoms with Crippen LogP contribution in [0, 0.1) is 5.82 Å². The van der Waals surface area contributed by atoms with Gasteiger partial charge in [0.2, 0.25) is 5.91 Å². The second-order valence-electron chi connectivity index (χ2n) is 8.79. The number of carbonyl (C=O) groups is 2.